The Labute approximate surface area is 178 Å². The fourth-order valence-corrected chi connectivity index (χ4v) is 2.09. The SMILES string of the molecule is CCNC(=NCC(C)Oc1ccc(F)cc1)NCCC(=O)NC(C)CC.I. The molecule has 8 heteroatoms. The number of rotatable bonds is 10. The van der Waals surface area contributed by atoms with Crippen molar-refractivity contribution in [1.82, 2.24) is 16.0 Å². The molecule has 0 radical (unpaired) electrons. The average molecular weight is 494 g/mol. The smallest absolute Gasteiger partial charge is 0.221 e. The monoisotopic (exact) mass is 494 g/mol. The first-order valence-corrected chi connectivity index (χ1v) is 9.18. The highest BCUT2D eigenvalue weighted by Gasteiger charge is 2.07. The van der Waals surface area contributed by atoms with E-state index in [-0.39, 0.29) is 47.8 Å². The molecule has 1 rings (SSSR count). The Bertz CT molecular complexity index is 569. The quantitative estimate of drug-likeness (QED) is 0.266. The number of nitrogens with one attached hydrogen (secondary N) is 3. The van der Waals surface area contributed by atoms with E-state index in [0.717, 1.165) is 13.0 Å². The highest BCUT2D eigenvalue weighted by atomic mass is 127. The number of hydrogen-bond acceptors (Lipinski definition) is 3. The van der Waals surface area contributed by atoms with Gasteiger partial charge in [-0.3, -0.25) is 4.79 Å². The summed E-state index contributed by atoms with van der Waals surface area (Å²) in [6, 6.07) is 6.10. The molecule has 1 amide bonds. The van der Waals surface area contributed by atoms with E-state index in [1.165, 1.54) is 12.1 Å². The van der Waals surface area contributed by atoms with E-state index < -0.39 is 0 Å². The fraction of sp³-hybridized carbons (Fsp3) is 0.579. The number of benzene rings is 1. The number of amides is 1. The summed E-state index contributed by atoms with van der Waals surface area (Å²) in [5.41, 5.74) is 0. The van der Waals surface area contributed by atoms with Crippen LogP contribution in [0.4, 0.5) is 4.39 Å². The Balaban J connectivity index is 0.00000676. The Morgan fingerprint density at radius 3 is 2.44 bits per heavy atom. The first-order chi connectivity index (χ1) is 12.4. The van der Waals surface area contributed by atoms with Gasteiger partial charge in [0.2, 0.25) is 5.91 Å². The maximum absolute atomic E-state index is 12.9. The summed E-state index contributed by atoms with van der Waals surface area (Å²) in [5, 5.41) is 9.21. The number of nitrogens with zero attached hydrogens (tertiary/aromatic N) is 1. The maximum atomic E-state index is 12.9. The molecule has 0 aliphatic heterocycles. The van der Waals surface area contributed by atoms with Crippen molar-refractivity contribution in [2.24, 2.45) is 4.99 Å². The Morgan fingerprint density at radius 2 is 1.85 bits per heavy atom. The molecule has 0 aliphatic carbocycles. The van der Waals surface area contributed by atoms with Crippen molar-refractivity contribution in [2.45, 2.75) is 52.7 Å². The second kappa shape index (κ2) is 14.5. The van der Waals surface area contributed by atoms with Crippen molar-refractivity contribution in [2.75, 3.05) is 19.6 Å². The van der Waals surface area contributed by atoms with Crippen molar-refractivity contribution >= 4 is 35.8 Å². The third-order valence-corrected chi connectivity index (χ3v) is 3.67. The van der Waals surface area contributed by atoms with Gasteiger partial charge in [-0.25, -0.2) is 9.38 Å². The van der Waals surface area contributed by atoms with Gasteiger partial charge in [-0.2, -0.15) is 0 Å². The number of aliphatic imine (C=N–C) groups is 1. The number of carbonyl (C=O) groups excluding carboxylic acids is 1. The predicted octanol–water partition coefficient (Wildman–Crippen LogP) is 3.07. The van der Waals surface area contributed by atoms with Gasteiger partial charge in [0.25, 0.3) is 0 Å². The van der Waals surface area contributed by atoms with Crippen LogP contribution < -0.4 is 20.7 Å². The summed E-state index contributed by atoms with van der Waals surface area (Å²) >= 11 is 0. The molecule has 2 unspecified atom stereocenters. The molecule has 0 spiro atoms. The molecule has 0 heterocycles. The molecule has 1 aromatic carbocycles. The molecule has 27 heavy (non-hydrogen) atoms. The zero-order valence-corrected chi connectivity index (χ0v) is 18.9. The number of carbonyl (C=O) groups is 1. The molecular weight excluding hydrogens is 462 g/mol. The van der Waals surface area contributed by atoms with Crippen LogP contribution in [0.5, 0.6) is 5.75 Å². The molecule has 2 atom stereocenters. The van der Waals surface area contributed by atoms with E-state index in [0.29, 0.717) is 31.2 Å². The second-order valence-electron chi connectivity index (χ2n) is 6.16. The highest BCUT2D eigenvalue weighted by Crippen LogP contribution is 2.12. The highest BCUT2D eigenvalue weighted by molar-refractivity contribution is 14.0. The van der Waals surface area contributed by atoms with Crippen LogP contribution in [0.1, 0.15) is 40.5 Å². The Kier molecular flexibility index (Phi) is 13.6. The Morgan fingerprint density at radius 1 is 1.19 bits per heavy atom. The van der Waals surface area contributed by atoms with E-state index in [1.54, 1.807) is 12.1 Å². The minimum absolute atomic E-state index is 0. The molecule has 0 saturated heterocycles. The summed E-state index contributed by atoms with van der Waals surface area (Å²) < 4.78 is 18.6. The van der Waals surface area contributed by atoms with Gasteiger partial charge < -0.3 is 20.7 Å². The van der Waals surface area contributed by atoms with Crippen LogP contribution in [0.15, 0.2) is 29.3 Å². The minimum Gasteiger partial charge on any atom is -0.489 e. The maximum Gasteiger partial charge on any atom is 0.221 e. The van der Waals surface area contributed by atoms with E-state index in [2.05, 4.69) is 20.9 Å². The summed E-state index contributed by atoms with van der Waals surface area (Å²) in [4.78, 5) is 16.3. The molecule has 0 saturated carbocycles. The zero-order valence-electron chi connectivity index (χ0n) is 16.5. The zero-order chi connectivity index (χ0) is 19.4. The van der Waals surface area contributed by atoms with Crippen LogP contribution in [0.2, 0.25) is 0 Å². The summed E-state index contributed by atoms with van der Waals surface area (Å²) in [6.07, 6.45) is 1.13. The van der Waals surface area contributed by atoms with Gasteiger partial charge in [-0.1, -0.05) is 6.92 Å². The number of ether oxygens (including phenoxy) is 1. The molecule has 0 fully saturated rings. The van der Waals surface area contributed by atoms with Crippen LogP contribution in [-0.4, -0.2) is 43.6 Å². The first kappa shape index (κ1) is 25.4. The normalized spacial score (nSPS) is 13.1. The van der Waals surface area contributed by atoms with Crippen LogP contribution in [-0.2, 0) is 4.79 Å². The summed E-state index contributed by atoms with van der Waals surface area (Å²) in [7, 11) is 0. The second-order valence-corrected chi connectivity index (χ2v) is 6.16. The van der Waals surface area contributed by atoms with Crippen LogP contribution in [0, 0.1) is 5.82 Å². The van der Waals surface area contributed by atoms with Crippen molar-refractivity contribution in [3.05, 3.63) is 30.1 Å². The first-order valence-electron chi connectivity index (χ1n) is 9.18. The largest absolute Gasteiger partial charge is 0.489 e. The number of halogens is 2. The lowest BCUT2D eigenvalue weighted by Crippen LogP contribution is -2.40. The van der Waals surface area contributed by atoms with E-state index in [9.17, 15) is 9.18 Å². The summed E-state index contributed by atoms with van der Waals surface area (Å²) in [5.74, 6) is 0.974. The third-order valence-electron chi connectivity index (χ3n) is 3.67. The van der Waals surface area contributed by atoms with Gasteiger partial charge in [0, 0.05) is 25.6 Å². The Hall–Kier alpha value is -1.58. The minimum atomic E-state index is -0.293. The molecule has 0 bridgehead atoms. The fourth-order valence-electron chi connectivity index (χ4n) is 2.09. The third kappa shape index (κ3) is 11.7. The summed E-state index contributed by atoms with van der Waals surface area (Å²) in [6.45, 7) is 9.56. The lowest BCUT2D eigenvalue weighted by molar-refractivity contribution is -0.121. The molecular formula is C19H32FIN4O2. The van der Waals surface area contributed by atoms with Crippen LogP contribution in [0.3, 0.4) is 0 Å². The van der Waals surface area contributed by atoms with E-state index >= 15 is 0 Å². The van der Waals surface area contributed by atoms with Gasteiger partial charge >= 0.3 is 0 Å². The number of hydrogen-bond donors (Lipinski definition) is 3. The topological polar surface area (TPSA) is 74.8 Å². The van der Waals surface area contributed by atoms with Gasteiger partial charge in [0.15, 0.2) is 5.96 Å². The lowest BCUT2D eigenvalue weighted by Gasteiger charge is -2.15. The van der Waals surface area contributed by atoms with Gasteiger partial charge in [-0.15, -0.1) is 24.0 Å². The van der Waals surface area contributed by atoms with E-state index in [1.807, 2.05) is 27.7 Å². The molecule has 3 N–H and O–H groups in total. The van der Waals surface area contributed by atoms with E-state index in [4.69, 9.17) is 4.74 Å². The van der Waals surface area contributed by atoms with Gasteiger partial charge in [0.05, 0.1) is 6.54 Å². The lowest BCUT2D eigenvalue weighted by atomic mass is 10.2. The predicted molar refractivity (Wildman–Crippen MR) is 118 cm³/mol. The van der Waals surface area contributed by atoms with Crippen molar-refractivity contribution in [3.8, 4) is 5.75 Å². The van der Waals surface area contributed by atoms with Crippen molar-refractivity contribution in [3.63, 3.8) is 0 Å². The molecule has 1 aromatic rings. The number of guanidine groups is 1. The van der Waals surface area contributed by atoms with Gasteiger partial charge in [-0.05, 0) is 51.5 Å². The van der Waals surface area contributed by atoms with Gasteiger partial charge in [0.1, 0.15) is 17.7 Å². The van der Waals surface area contributed by atoms with Crippen LogP contribution >= 0.6 is 24.0 Å². The molecule has 154 valence electrons. The van der Waals surface area contributed by atoms with Crippen molar-refractivity contribution in [1.29, 1.82) is 0 Å². The molecule has 0 aliphatic rings. The standard InChI is InChI=1S/C19H31FN4O2.HI/c1-5-14(3)24-18(25)11-12-22-19(21-6-2)23-13-15(4)26-17-9-7-16(20)8-10-17;/h7-10,14-15H,5-6,11-13H2,1-4H3,(H,24,25)(H2,21,22,23);1H. The van der Waals surface area contributed by atoms with Crippen molar-refractivity contribution < 1.29 is 13.9 Å². The molecule has 0 aromatic heterocycles. The molecule has 6 nitrogen and oxygen atoms in total. The van der Waals surface area contributed by atoms with Crippen LogP contribution in [0.25, 0.3) is 0 Å². The average Bonchev–Trinajstić information content (AvgIpc) is 2.61.